The third-order valence-electron chi connectivity index (χ3n) is 3.28. The molecule has 0 saturated heterocycles. The number of hydrogen-bond donors (Lipinski definition) is 1. The summed E-state index contributed by atoms with van der Waals surface area (Å²) in [5.74, 6) is 0. The summed E-state index contributed by atoms with van der Waals surface area (Å²) in [4.78, 5) is 14.2. The van der Waals surface area contributed by atoms with Crippen LogP contribution in [0.15, 0.2) is 24.5 Å². The highest BCUT2D eigenvalue weighted by molar-refractivity contribution is 6.89. The predicted octanol–water partition coefficient (Wildman–Crippen LogP) is 4.17. The fraction of sp³-hybridized carbons (Fsp3) is 0.688. The van der Waals surface area contributed by atoms with Crippen molar-refractivity contribution in [3.8, 4) is 0 Å². The van der Waals surface area contributed by atoms with E-state index in [0.29, 0.717) is 6.61 Å². The van der Waals surface area contributed by atoms with E-state index in [9.17, 15) is 4.80 Å². The molecule has 0 aliphatic carbocycles. The van der Waals surface area contributed by atoms with Gasteiger partial charge >= 0.3 is 42.8 Å². The molecule has 0 aliphatic rings. The van der Waals surface area contributed by atoms with Crippen molar-refractivity contribution in [1.82, 2.24) is 4.98 Å². The van der Waals surface area contributed by atoms with Crippen LogP contribution in [0.3, 0.4) is 0 Å². The van der Waals surface area contributed by atoms with Crippen LogP contribution in [0, 0.1) is 0 Å². The van der Waals surface area contributed by atoms with Crippen molar-refractivity contribution in [2.24, 2.45) is 0 Å². The van der Waals surface area contributed by atoms with Crippen LogP contribution in [0.25, 0.3) is 0 Å². The fourth-order valence-electron chi connectivity index (χ4n) is 3.21. The second-order valence-electron chi connectivity index (χ2n) is 9.10. The van der Waals surface area contributed by atoms with Gasteiger partial charge < -0.3 is 25.7 Å². The van der Waals surface area contributed by atoms with Crippen LogP contribution < -0.4 is 0 Å². The first-order valence-electron chi connectivity index (χ1n) is 9.46. The summed E-state index contributed by atoms with van der Waals surface area (Å²) in [6.45, 7) is 20.0. The maximum Gasteiger partial charge on any atom is 0.323 e. The lowest BCUT2D eigenvalue weighted by Gasteiger charge is -2.41. The van der Waals surface area contributed by atoms with E-state index in [1.54, 1.807) is 25.5 Å². The van der Waals surface area contributed by atoms with Gasteiger partial charge in [-0.05, 0) is 77.1 Å². The molecule has 0 saturated carbocycles. The summed E-state index contributed by atoms with van der Waals surface area (Å²) in [6.07, 6.45) is 3.54. The second-order valence-corrected chi connectivity index (χ2v) is 26.8. The molecular formula is C16H37NO6Si5. The SMILES string of the molecule is C[Si](C)(O)O[Si](C)(C)O[Si](C)(C)O[Si](C)(C)O[Si](C)(C)OCc1cccnc1. The molecule has 7 nitrogen and oxygen atoms in total. The molecule has 0 aromatic carbocycles. The van der Waals surface area contributed by atoms with Crippen LogP contribution in [0.1, 0.15) is 5.56 Å². The minimum atomic E-state index is -2.67. The Morgan fingerprint density at radius 2 is 1.21 bits per heavy atom. The lowest BCUT2D eigenvalue weighted by atomic mass is 10.3. The van der Waals surface area contributed by atoms with E-state index in [4.69, 9.17) is 20.9 Å². The van der Waals surface area contributed by atoms with Crippen LogP contribution in [0.5, 0.6) is 0 Å². The van der Waals surface area contributed by atoms with Gasteiger partial charge in [-0.3, -0.25) is 4.98 Å². The Balaban J connectivity index is 2.69. The molecule has 1 N–H and O–H groups in total. The van der Waals surface area contributed by atoms with Gasteiger partial charge in [0.05, 0.1) is 6.61 Å². The normalized spacial score (nSPS) is 14.4. The molecule has 162 valence electrons. The third kappa shape index (κ3) is 11.2. The number of rotatable bonds is 11. The predicted molar refractivity (Wildman–Crippen MR) is 123 cm³/mol. The van der Waals surface area contributed by atoms with E-state index in [2.05, 4.69) is 4.98 Å². The van der Waals surface area contributed by atoms with Gasteiger partial charge in [0, 0.05) is 12.4 Å². The number of hydrogen-bond acceptors (Lipinski definition) is 7. The molecule has 0 amide bonds. The van der Waals surface area contributed by atoms with Gasteiger partial charge in [-0.15, -0.1) is 0 Å². The Kier molecular flexibility index (Phi) is 8.76. The van der Waals surface area contributed by atoms with Gasteiger partial charge in [0.1, 0.15) is 0 Å². The van der Waals surface area contributed by atoms with E-state index in [-0.39, 0.29) is 0 Å². The smallest absolute Gasteiger partial charge is 0.323 e. The molecule has 28 heavy (non-hydrogen) atoms. The summed E-state index contributed by atoms with van der Waals surface area (Å²) < 4.78 is 31.1. The zero-order valence-electron chi connectivity index (χ0n) is 19.0. The third-order valence-corrected chi connectivity index (χ3v) is 19.9. The Labute approximate surface area is 175 Å². The number of aromatic nitrogens is 1. The van der Waals surface area contributed by atoms with Gasteiger partial charge in [-0.1, -0.05) is 6.07 Å². The van der Waals surface area contributed by atoms with Crippen LogP contribution >= 0.6 is 0 Å². The van der Waals surface area contributed by atoms with E-state index < -0.39 is 42.8 Å². The van der Waals surface area contributed by atoms with Crippen molar-refractivity contribution in [3.05, 3.63) is 30.1 Å². The van der Waals surface area contributed by atoms with E-state index in [1.807, 2.05) is 64.5 Å². The van der Waals surface area contributed by atoms with E-state index in [0.717, 1.165) is 5.56 Å². The maximum absolute atomic E-state index is 10.1. The Morgan fingerprint density at radius 3 is 1.64 bits per heavy atom. The highest BCUT2D eigenvalue weighted by Gasteiger charge is 2.46. The van der Waals surface area contributed by atoms with E-state index in [1.165, 1.54) is 0 Å². The summed E-state index contributed by atoms with van der Waals surface area (Å²) in [6, 6.07) is 3.88. The summed E-state index contributed by atoms with van der Waals surface area (Å²) >= 11 is 0. The van der Waals surface area contributed by atoms with Crippen molar-refractivity contribution in [1.29, 1.82) is 0 Å². The second kappa shape index (κ2) is 9.42. The first kappa shape index (κ1) is 26.0. The highest BCUT2D eigenvalue weighted by atomic mass is 28.5. The van der Waals surface area contributed by atoms with Crippen molar-refractivity contribution in [2.75, 3.05) is 0 Å². The Hall–Kier alpha value is -0.00558. The average Bonchev–Trinajstić information content (AvgIpc) is 2.39. The first-order chi connectivity index (χ1) is 12.4. The van der Waals surface area contributed by atoms with Crippen LogP contribution in [-0.4, -0.2) is 52.6 Å². The van der Waals surface area contributed by atoms with Gasteiger partial charge in [0.2, 0.25) is 0 Å². The molecule has 0 atom stereocenters. The monoisotopic (exact) mass is 479 g/mol. The molecule has 0 radical (unpaired) electrons. The lowest BCUT2D eigenvalue weighted by molar-refractivity contribution is 0.213. The van der Waals surface area contributed by atoms with Crippen molar-refractivity contribution in [3.63, 3.8) is 0 Å². The highest BCUT2D eigenvalue weighted by Crippen LogP contribution is 2.26. The zero-order chi connectivity index (χ0) is 21.9. The molecular weight excluding hydrogens is 443 g/mol. The van der Waals surface area contributed by atoms with Crippen molar-refractivity contribution < 1.29 is 25.7 Å². The van der Waals surface area contributed by atoms with Gasteiger partial charge in [0.25, 0.3) is 0 Å². The van der Waals surface area contributed by atoms with Gasteiger partial charge in [0.15, 0.2) is 0 Å². The summed E-state index contributed by atoms with van der Waals surface area (Å²) in [7, 11) is -12.6. The van der Waals surface area contributed by atoms with Crippen molar-refractivity contribution >= 4 is 42.8 Å². The standard InChI is InChI=1S/C16H37NO6Si5/c1-24(2,18)20-26(5,6)22-28(9,10)23-27(7,8)21-25(3,4)19-15-16-12-11-13-17-14-16/h11-14,18H,15H2,1-10H3. The summed E-state index contributed by atoms with van der Waals surface area (Å²) in [5, 5.41) is 0. The Morgan fingerprint density at radius 1 is 0.750 bits per heavy atom. The number of nitrogens with zero attached hydrogens (tertiary/aromatic N) is 1. The minimum Gasteiger partial charge on any atom is -0.416 e. The van der Waals surface area contributed by atoms with Crippen LogP contribution in [0.4, 0.5) is 0 Å². The van der Waals surface area contributed by atoms with E-state index >= 15 is 0 Å². The molecule has 0 bridgehead atoms. The molecule has 0 aliphatic heterocycles. The first-order valence-corrected chi connectivity index (χ1v) is 23.6. The molecule has 0 unspecified atom stereocenters. The Bertz CT molecular complexity index is 622. The topological polar surface area (TPSA) is 79.3 Å². The van der Waals surface area contributed by atoms with Crippen molar-refractivity contribution in [2.45, 2.75) is 72.1 Å². The molecule has 12 heteroatoms. The molecule has 1 heterocycles. The quantitative estimate of drug-likeness (QED) is 0.477. The molecule has 0 spiro atoms. The maximum atomic E-state index is 10.1. The van der Waals surface area contributed by atoms with Crippen LogP contribution in [0.2, 0.25) is 65.5 Å². The molecule has 1 rings (SSSR count). The number of pyridine rings is 1. The molecule has 0 fully saturated rings. The average molecular weight is 480 g/mol. The molecule has 1 aromatic rings. The zero-order valence-corrected chi connectivity index (χ0v) is 24.0. The largest absolute Gasteiger partial charge is 0.416 e. The lowest BCUT2D eigenvalue weighted by Crippen LogP contribution is -2.59. The molecule has 1 aromatic heterocycles. The fourth-order valence-corrected chi connectivity index (χ4v) is 24.6. The summed E-state index contributed by atoms with van der Waals surface area (Å²) in [5.41, 5.74) is 1.02. The van der Waals surface area contributed by atoms with Crippen LogP contribution in [-0.2, 0) is 27.5 Å². The minimum absolute atomic E-state index is 0.471. The van der Waals surface area contributed by atoms with Gasteiger partial charge in [-0.25, -0.2) is 0 Å². The van der Waals surface area contributed by atoms with Gasteiger partial charge in [-0.2, -0.15) is 0 Å².